The fourth-order valence-electron chi connectivity index (χ4n) is 5.30. The van der Waals surface area contributed by atoms with Gasteiger partial charge in [0.25, 0.3) is 0 Å². The van der Waals surface area contributed by atoms with E-state index in [2.05, 4.69) is 34.4 Å². The van der Waals surface area contributed by atoms with Crippen molar-refractivity contribution in [1.82, 2.24) is 25.4 Å². The Morgan fingerprint density at radius 1 is 1.11 bits per heavy atom. The molecule has 2 atom stereocenters. The highest BCUT2D eigenvalue weighted by Crippen LogP contribution is 2.36. The maximum absolute atomic E-state index is 13.9. The highest BCUT2D eigenvalue weighted by molar-refractivity contribution is 7.10. The molecule has 0 saturated carbocycles. The van der Waals surface area contributed by atoms with E-state index < -0.39 is 11.9 Å². The summed E-state index contributed by atoms with van der Waals surface area (Å²) in [5.41, 5.74) is 0.670. The monoisotopic (exact) mass is 529 g/mol. The fourth-order valence-corrected chi connectivity index (χ4v) is 6.24. The Morgan fingerprint density at radius 3 is 2.46 bits per heavy atom. The van der Waals surface area contributed by atoms with Gasteiger partial charge in [-0.05, 0) is 89.9 Å². The van der Waals surface area contributed by atoms with Gasteiger partial charge in [0, 0.05) is 23.5 Å². The average molecular weight is 530 g/mol. The number of likely N-dealkylation sites (N-methyl/N-ethyl adjacent to an activating group) is 1. The molecule has 0 radical (unpaired) electrons. The summed E-state index contributed by atoms with van der Waals surface area (Å²) in [6.45, 7) is 6.90. The zero-order valence-electron chi connectivity index (χ0n) is 21.7. The Hall–Kier alpha value is -2.69. The number of halogens is 1. The van der Waals surface area contributed by atoms with Crippen molar-refractivity contribution in [2.24, 2.45) is 5.92 Å². The summed E-state index contributed by atoms with van der Waals surface area (Å²) < 4.78 is 13.3. The van der Waals surface area contributed by atoms with Crippen molar-refractivity contribution in [3.8, 4) is 0 Å². The number of nitrogens with one attached hydrogen (secondary N) is 2. The number of thiazole rings is 1. The van der Waals surface area contributed by atoms with Crippen molar-refractivity contribution >= 4 is 28.9 Å². The number of nitrogens with zero attached hydrogens (tertiary/aromatic N) is 3. The second-order valence-electron chi connectivity index (χ2n) is 10.1. The van der Waals surface area contributed by atoms with Crippen LogP contribution in [0.2, 0.25) is 0 Å². The van der Waals surface area contributed by atoms with Gasteiger partial charge in [0.1, 0.15) is 22.6 Å². The number of benzene rings is 1. The summed E-state index contributed by atoms with van der Waals surface area (Å²) >= 11 is 1.36. The standard InChI is InChI=1S/C27H36FN5O3S/c1-17(2)32-13-10-18(11-14-32)24(31-23(34)15-29-3)27(36)33-12-4-5-22(33)26-30-21(16-37-26)25(35)19-6-8-20(28)9-7-19/h6-9,16-18,22,24,29H,4-5,10-15H2,1-3H3,(H,31,34). The summed E-state index contributed by atoms with van der Waals surface area (Å²) in [5.74, 6) is -0.869. The summed E-state index contributed by atoms with van der Waals surface area (Å²) in [5, 5.41) is 8.30. The molecule has 0 bridgehead atoms. The van der Waals surface area contributed by atoms with E-state index in [0.29, 0.717) is 28.9 Å². The van der Waals surface area contributed by atoms with Crippen LogP contribution in [0.15, 0.2) is 29.6 Å². The van der Waals surface area contributed by atoms with E-state index in [1.54, 1.807) is 12.4 Å². The van der Waals surface area contributed by atoms with E-state index in [1.807, 2.05) is 4.90 Å². The first kappa shape index (κ1) is 27.3. The van der Waals surface area contributed by atoms with Gasteiger partial charge in [-0.1, -0.05) is 0 Å². The van der Waals surface area contributed by atoms with Gasteiger partial charge in [-0.25, -0.2) is 9.37 Å². The second-order valence-corrected chi connectivity index (χ2v) is 11.0. The van der Waals surface area contributed by atoms with Crippen molar-refractivity contribution in [2.45, 2.75) is 57.7 Å². The van der Waals surface area contributed by atoms with E-state index in [0.717, 1.165) is 38.8 Å². The maximum Gasteiger partial charge on any atom is 0.246 e. The number of likely N-dealkylation sites (tertiary alicyclic amines) is 2. The Labute approximate surface area is 221 Å². The molecular weight excluding hydrogens is 493 g/mol. The first-order valence-corrected chi connectivity index (χ1v) is 13.9. The van der Waals surface area contributed by atoms with Crippen molar-refractivity contribution in [3.63, 3.8) is 0 Å². The lowest BCUT2D eigenvalue weighted by Gasteiger charge is -2.39. The van der Waals surface area contributed by atoms with Crippen molar-refractivity contribution < 1.29 is 18.8 Å². The second kappa shape index (κ2) is 12.2. The van der Waals surface area contributed by atoms with Crippen LogP contribution in [0.3, 0.4) is 0 Å². The molecule has 1 aromatic heterocycles. The van der Waals surface area contributed by atoms with E-state index >= 15 is 0 Å². The third-order valence-corrected chi connectivity index (χ3v) is 8.32. The molecule has 1 aromatic carbocycles. The minimum Gasteiger partial charge on any atom is -0.343 e. The highest BCUT2D eigenvalue weighted by Gasteiger charge is 2.40. The summed E-state index contributed by atoms with van der Waals surface area (Å²) in [6, 6.07) is 5.05. The quantitative estimate of drug-likeness (QED) is 0.485. The lowest BCUT2D eigenvalue weighted by molar-refractivity contribution is -0.139. The smallest absolute Gasteiger partial charge is 0.246 e. The number of hydrogen-bond acceptors (Lipinski definition) is 7. The third-order valence-electron chi connectivity index (χ3n) is 7.38. The predicted molar refractivity (Wildman–Crippen MR) is 141 cm³/mol. The number of hydrogen-bond donors (Lipinski definition) is 2. The maximum atomic E-state index is 13.9. The van der Waals surface area contributed by atoms with Crippen LogP contribution in [-0.4, -0.2) is 77.7 Å². The third kappa shape index (κ3) is 6.42. The fraction of sp³-hybridized carbons (Fsp3) is 0.556. The average Bonchev–Trinajstić information content (AvgIpc) is 3.57. The number of aromatic nitrogens is 1. The zero-order chi connectivity index (χ0) is 26.5. The van der Waals surface area contributed by atoms with Gasteiger partial charge in [-0.3, -0.25) is 14.4 Å². The van der Waals surface area contributed by atoms with E-state index in [9.17, 15) is 18.8 Å². The van der Waals surface area contributed by atoms with Crippen LogP contribution in [0, 0.1) is 11.7 Å². The van der Waals surface area contributed by atoms with E-state index in [1.165, 1.54) is 35.6 Å². The molecular formula is C27H36FN5O3S. The minimum atomic E-state index is -0.587. The Morgan fingerprint density at radius 2 is 1.81 bits per heavy atom. The minimum absolute atomic E-state index is 0.0662. The summed E-state index contributed by atoms with van der Waals surface area (Å²) in [7, 11) is 1.71. The van der Waals surface area contributed by atoms with Crippen LogP contribution in [0.4, 0.5) is 4.39 Å². The predicted octanol–water partition coefficient (Wildman–Crippen LogP) is 3.00. The summed E-state index contributed by atoms with van der Waals surface area (Å²) in [6.07, 6.45) is 3.29. The molecule has 2 saturated heterocycles. The van der Waals surface area contributed by atoms with E-state index in [-0.39, 0.29) is 36.1 Å². The zero-order valence-corrected chi connectivity index (χ0v) is 22.5. The first-order valence-electron chi connectivity index (χ1n) is 13.0. The number of rotatable bonds is 9. The Balaban J connectivity index is 1.51. The van der Waals surface area contributed by atoms with Crippen LogP contribution in [0.1, 0.15) is 66.6 Å². The summed E-state index contributed by atoms with van der Waals surface area (Å²) in [4.78, 5) is 48.2. The topological polar surface area (TPSA) is 94.6 Å². The molecule has 4 rings (SSSR count). The molecule has 0 spiro atoms. The number of amides is 2. The molecule has 10 heteroatoms. The largest absolute Gasteiger partial charge is 0.343 e. The van der Waals surface area contributed by atoms with Crippen LogP contribution < -0.4 is 10.6 Å². The van der Waals surface area contributed by atoms with Gasteiger partial charge in [0.05, 0.1) is 12.6 Å². The molecule has 0 aliphatic carbocycles. The molecule has 2 aliphatic rings. The van der Waals surface area contributed by atoms with Gasteiger partial charge in [-0.2, -0.15) is 0 Å². The van der Waals surface area contributed by atoms with Gasteiger partial charge in [0.2, 0.25) is 17.6 Å². The molecule has 8 nitrogen and oxygen atoms in total. The first-order chi connectivity index (χ1) is 17.8. The van der Waals surface area contributed by atoms with Gasteiger partial charge >= 0.3 is 0 Å². The van der Waals surface area contributed by atoms with Crippen LogP contribution in [-0.2, 0) is 9.59 Å². The lowest BCUT2D eigenvalue weighted by atomic mass is 9.87. The number of carbonyl (C=O) groups excluding carboxylic acids is 3. The number of ketones is 1. The van der Waals surface area contributed by atoms with Gasteiger partial charge in [0.15, 0.2) is 0 Å². The number of carbonyl (C=O) groups is 3. The normalized spacial score (nSPS) is 19.8. The van der Waals surface area contributed by atoms with Crippen molar-refractivity contribution in [1.29, 1.82) is 0 Å². The molecule has 2 fully saturated rings. The van der Waals surface area contributed by atoms with Crippen LogP contribution in [0.25, 0.3) is 0 Å². The van der Waals surface area contributed by atoms with Crippen molar-refractivity contribution in [2.75, 3.05) is 33.2 Å². The molecule has 2 aliphatic heterocycles. The SMILES string of the molecule is CNCC(=O)NC(C(=O)N1CCCC1c1nc(C(=O)c2ccc(F)cc2)cs1)C1CCN(C(C)C)CC1. The molecule has 2 unspecified atom stereocenters. The van der Waals surface area contributed by atoms with Gasteiger partial charge in [-0.15, -0.1) is 11.3 Å². The molecule has 37 heavy (non-hydrogen) atoms. The molecule has 2 N–H and O–H groups in total. The Kier molecular flexibility index (Phi) is 9.04. The van der Waals surface area contributed by atoms with Crippen LogP contribution in [0.5, 0.6) is 0 Å². The Bertz CT molecular complexity index is 1100. The van der Waals surface area contributed by atoms with Crippen LogP contribution >= 0.6 is 11.3 Å². The molecule has 3 heterocycles. The van der Waals surface area contributed by atoms with Gasteiger partial charge < -0.3 is 20.4 Å². The molecule has 2 aromatic rings. The van der Waals surface area contributed by atoms with Crippen molar-refractivity contribution in [3.05, 3.63) is 51.7 Å². The van der Waals surface area contributed by atoms with E-state index in [4.69, 9.17) is 0 Å². The number of piperidine rings is 1. The lowest BCUT2D eigenvalue weighted by Crippen LogP contribution is -2.55. The molecule has 200 valence electrons. The molecule has 2 amide bonds. The highest BCUT2D eigenvalue weighted by atomic mass is 32.1.